The van der Waals surface area contributed by atoms with Gasteiger partial charge >= 0.3 is 82.2 Å². The van der Waals surface area contributed by atoms with Crippen LogP contribution in [0.3, 0.4) is 0 Å². The van der Waals surface area contributed by atoms with Crippen molar-refractivity contribution < 1.29 is 14.3 Å². The minimum atomic E-state index is -0.334. The summed E-state index contributed by atoms with van der Waals surface area (Å²) in [5, 5.41) is 0. The van der Waals surface area contributed by atoms with Crippen molar-refractivity contribution in [1.82, 2.24) is 0 Å². The molecule has 0 saturated heterocycles. The Labute approximate surface area is 236 Å². The average Bonchev–Trinajstić information content (AvgIpc) is 2.65. The van der Waals surface area contributed by atoms with E-state index >= 15 is 0 Å². The fourth-order valence-electron chi connectivity index (χ4n) is 3.39. The number of carbonyl (C=O) groups excluding carboxylic acids is 2. The van der Waals surface area contributed by atoms with Crippen LogP contribution >= 0.6 is 0 Å². The zero-order valence-corrected chi connectivity index (χ0v) is 18.4. The van der Waals surface area contributed by atoms with Crippen molar-refractivity contribution in [1.29, 1.82) is 0 Å². The molecule has 0 rings (SSSR count). The van der Waals surface area contributed by atoms with E-state index in [-0.39, 0.29) is 82.2 Å². The quantitative estimate of drug-likeness (QED) is 0.0945. The van der Waals surface area contributed by atoms with Crippen LogP contribution in [0.2, 0.25) is 0 Å². The summed E-state index contributed by atoms with van der Waals surface area (Å²) in [6.45, 7) is 4.47. The summed E-state index contributed by atoms with van der Waals surface area (Å²) in [6, 6.07) is 0. The molecule has 0 aliphatic rings. The number of ether oxygens (including phenoxy) is 1. The van der Waals surface area contributed by atoms with Crippen LogP contribution in [0.15, 0.2) is 0 Å². The first kappa shape index (κ1) is 35.0. The molecule has 0 fully saturated rings. The Bertz CT molecular complexity index is 319. The van der Waals surface area contributed by atoms with E-state index in [4.69, 9.17) is 4.74 Å². The summed E-state index contributed by atoms with van der Waals surface area (Å²) in [7, 11) is 0. The Morgan fingerprint density at radius 3 is 1.00 bits per heavy atom. The number of unbranched alkanes of at least 4 members (excludes halogenated alkanes) is 16. The molecule has 0 aromatic rings. The number of carbonyl (C=O) groups is 2. The first-order valence-corrected chi connectivity index (χ1v) is 11.9. The van der Waals surface area contributed by atoms with Crippen LogP contribution < -0.4 is 0 Å². The second kappa shape index (κ2) is 29.4. The van der Waals surface area contributed by atoms with E-state index in [2.05, 4.69) is 13.8 Å². The van der Waals surface area contributed by atoms with Crippen LogP contribution in [0.25, 0.3) is 0 Å². The van der Waals surface area contributed by atoms with Crippen LogP contribution in [0, 0.1) is 0 Å². The second-order valence-corrected chi connectivity index (χ2v) is 8.00. The Balaban J connectivity index is -0.00000338. The number of esters is 2. The van der Waals surface area contributed by atoms with Crippen molar-refractivity contribution in [2.45, 2.75) is 142 Å². The standard InChI is InChI=1S/C24H46O3.K.Li.2H/c1-3-5-7-9-11-13-15-17-19-21-23(25)27-24(26)22-20-18-16-14-12-10-8-6-4-2;;;;/h3-22H2,1-2H3;;;;. The maximum atomic E-state index is 11.7. The Morgan fingerprint density at radius 1 is 0.483 bits per heavy atom. The normalized spacial score (nSPS) is 10.1. The maximum absolute atomic E-state index is 11.7. The fraction of sp³-hybridized carbons (Fsp3) is 0.917. The second-order valence-electron chi connectivity index (χ2n) is 8.00. The Hall–Kier alpha value is 1.37. The molecule has 0 unspecified atom stereocenters. The van der Waals surface area contributed by atoms with Gasteiger partial charge in [-0.3, -0.25) is 9.59 Å². The summed E-state index contributed by atoms with van der Waals surface area (Å²) < 4.78 is 4.92. The van der Waals surface area contributed by atoms with Gasteiger partial charge in [0, 0.05) is 12.8 Å². The zero-order chi connectivity index (χ0) is 20.0. The van der Waals surface area contributed by atoms with Crippen LogP contribution in [0.4, 0.5) is 0 Å². The fourth-order valence-corrected chi connectivity index (χ4v) is 3.39. The van der Waals surface area contributed by atoms with E-state index < -0.39 is 0 Å². The van der Waals surface area contributed by atoms with Gasteiger partial charge in [-0.15, -0.1) is 0 Å². The molecule has 0 aliphatic carbocycles. The molecule has 164 valence electrons. The molecule has 0 heterocycles. The molecule has 0 N–H and O–H groups in total. The van der Waals surface area contributed by atoms with Crippen molar-refractivity contribution in [2.24, 2.45) is 0 Å². The molecule has 0 spiro atoms. The van der Waals surface area contributed by atoms with Gasteiger partial charge in [0.15, 0.2) is 0 Å². The molecule has 0 atom stereocenters. The third kappa shape index (κ3) is 29.4. The number of hydrogen-bond donors (Lipinski definition) is 0. The molecule has 0 radical (unpaired) electrons. The van der Waals surface area contributed by atoms with Crippen molar-refractivity contribution in [3.63, 3.8) is 0 Å². The molecule has 0 saturated carbocycles. The van der Waals surface area contributed by atoms with Crippen LogP contribution in [-0.4, -0.2) is 82.2 Å². The third-order valence-corrected chi connectivity index (χ3v) is 5.20. The van der Waals surface area contributed by atoms with Gasteiger partial charge in [0.05, 0.1) is 0 Å². The van der Waals surface area contributed by atoms with Crippen LogP contribution in [0.1, 0.15) is 142 Å². The summed E-state index contributed by atoms with van der Waals surface area (Å²) in [6.07, 6.45) is 22.8. The van der Waals surface area contributed by atoms with Gasteiger partial charge in [0.25, 0.3) is 0 Å². The molecule has 3 nitrogen and oxygen atoms in total. The first-order valence-electron chi connectivity index (χ1n) is 11.9. The van der Waals surface area contributed by atoms with Gasteiger partial charge in [-0.1, -0.05) is 117 Å². The van der Waals surface area contributed by atoms with Gasteiger partial charge < -0.3 is 4.74 Å². The molecule has 0 aromatic carbocycles. The van der Waals surface area contributed by atoms with E-state index in [0.717, 1.165) is 25.7 Å². The molecule has 5 heteroatoms. The molecule has 0 aromatic heterocycles. The van der Waals surface area contributed by atoms with E-state index in [1.807, 2.05) is 0 Å². The topological polar surface area (TPSA) is 43.4 Å². The summed E-state index contributed by atoms with van der Waals surface area (Å²) in [5.41, 5.74) is 0. The summed E-state index contributed by atoms with van der Waals surface area (Å²) in [4.78, 5) is 23.4. The predicted octanol–water partition coefficient (Wildman–Crippen LogP) is 6.60. The van der Waals surface area contributed by atoms with Crippen LogP contribution in [0.5, 0.6) is 0 Å². The Morgan fingerprint density at radius 2 is 0.724 bits per heavy atom. The van der Waals surface area contributed by atoms with E-state index in [9.17, 15) is 9.59 Å². The van der Waals surface area contributed by atoms with E-state index in [0.29, 0.717) is 12.8 Å². The minimum absolute atomic E-state index is 0. The summed E-state index contributed by atoms with van der Waals surface area (Å²) >= 11 is 0. The molecule has 29 heavy (non-hydrogen) atoms. The molecular formula is C24H48KLiO3. The van der Waals surface area contributed by atoms with Crippen molar-refractivity contribution >= 4 is 82.2 Å². The van der Waals surface area contributed by atoms with Gasteiger partial charge in [-0.05, 0) is 12.8 Å². The molecule has 0 amide bonds. The van der Waals surface area contributed by atoms with Crippen LogP contribution in [-0.2, 0) is 14.3 Å². The number of rotatable bonds is 20. The summed E-state index contributed by atoms with van der Waals surface area (Å²) in [5.74, 6) is -0.669. The molecule has 0 aliphatic heterocycles. The van der Waals surface area contributed by atoms with Gasteiger partial charge in [0.1, 0.15) is 0 Å². The van der Waals surface area contributed by atoms with E-state index in [1.54, 1.807) is 0 Å². The SMILES string of the molecule is CCCCCCCCCCCC(=O)OC(=O)CCCCCCCCCCC.[KH].[LiH]. The van der Waals surface area contributed by atoms with Gasteiger partial charge in [0.2, 0.25) is 0 Å². The van der Waals surface area contributed by atoms with Gasteiger partial charge in [-0.25, -0.2) is 0 Å². The van der Waals surface area contributed by atoms with E-state index in [1.165, 1.54) is 89.9 Å². The number of hydrogen-bond acceptors (Lipinski definition) is 3. The van der Waals surface area contributed by atoms with Crippen molar-refractivity contribution in [2.75, 3.05) is 0 Å². The zero-order valence-electron chi connectivity index (χ0n) is 18.4. The monoisotopic (exact) mass is 430 g/mol. The van der Waals surface area contributed by atoms with Crippen molar-refractivity contribution in [3.8, 4) is 0 Å². The third-order valence-electron chi connectivity index (χ3n) is 5.20. The first-order chi connectivity index (χ1) is 13.2. The van der Waals surface area contributed by atoms with Crippen molar-refractivity contribution in [3.05, 3.63) is 0 Å². The molecular weight excluding hydrogens is 382 g/mol. The predicted molar refractivity (Wildman–Crippen MR) is 129 cm³/mol. The van der Waals surface area contributed by atoms with Gasteiger partial charge in [-0.2, -0.15) is 0 Å². The average molecular weight is 431 g/mol. The molecule has 0 bridgehead atoms. The Kier molecular flexibility index (Phi) is 35.4.